The van der Waals surface area contributed by atoms with Gasteiger partial charge in [-0.15, -0.1) is 46.7 Å². The van der Waals surface area contributed by atoms with Gasteiger partial charge in [-0.1, -0.05) is 0 Å². The molecule has 2 N–H and O–H groups in total. The topological polar surface area (TPSA) is 58.5 Å². The number of methoxy groups -OCH3 is 1. The third kappa shape index (κ3) is 7.04. The number of aryl methyl sites for hydroxylation is 1. The number of ether oxygens (including phenoxy) is 1. The summed E-state index contributed by atoms with van der Waals surface area (Å²) >= 11 is 3.50. The Kier molecular flexibility index (Phi) is 10.5. The third-order valence-corrected chi connectivity index (χ3v) is 5.18. The largest absolute Gasteiger partial charge is 0.385 e. The van der Waals surface area contributed by atoms with E-state index in [0.29, 0.717) is 0 Å². The summed E-state index contributed by atoms with van der Waals surface area (Å²) in [5.41, 5.74) is 1.09. The standard InChI is InChI=1S/C16H24N4OS2.HI/c1-12-20-14(11-22-12)15-6-5-13(23-15)7-9-19-16(17-2)18-8-4-10-21-3;/h5-6,11H,4,7-10H2,1-3H3,(H2,17,18,19);1H. The second kappa shape index (κ2) is 11.8. The van der Waals surface area contributed by atoms with Crippen molar-refractivity contribution in [1.82, 2.24) is 15.6 Å². The van der Waals surface area contributed by atoms with Crippen LogP contribution in [0.15, 0.2) is 22.5 Å². The first-order valence-electron chi connectivity index (χ1n) is 7.67. The van der Waals surface area contributed by atoms with Gasteiger partial charge in [-0.3, -0.25) is 4.99 Å². The highest BCUT2D eigenvalue weighted by atomic mass is 127. The number of nitrogens with one attached hydrogen (secondary N) is 2. The van der Waals surface area contributed by atoms with Crippen LogP contribution in [0.3, 0.4) is 0 Å². The van der Waals surface area contributed by atoms with Crippen LogP contribution in [0.25, 0.3) is 10.6 Å². The zero-order valence-corrected chi connectivity index (χ0v) is 18.3. The smallest absolute Gasteiger partial charge is 0.190 e. The Balaban J connectivity index is 0.00000288. The molecule has 0 fully saturated rings. The Morgan fingerprint density at radius 1 is 1.29 bits per heavy atom. The summed E-state index contributed by atoms with van der Waals surface area (Å²) in [5, 5.41) is 9.85. The van der Waals surface area contributed by atoms with E-state index in [1.165, 1.54) is 9.75 Å². The molecule has 0 saturated carbocycles. The number of guanidine groups is 1. The highest BCUT2D eigenvalue weighted by Gasteiger charge is 2.06. The van der Waals surface area contributed by atoms with Crippen LogP contribution in [-0.2, 0) is 11.2 Å². The lowest BCUT2D eigenvalue weighted by atomic mass is 10.3. The molecule has 2 aromatic rings. The number of halogens is 1. The van der Waals surface area contributed by atoms with Gasteiger partial charge in [-0.2, -0.15) is 0 Å². The number of thiazole rings is 1. The number of hydrogen-bond donors (Lipinski definition) is 2. The van der Waals surface area contributed by atoms with Gasteiger partial charge in [0.1, 0.15) is 0 Å². The lowest BCUT2D eigenvalue weighted by Gasteiger charge is -2.11. The Bertz CT molecular complexity index is 627. The van der Waals surface area contributed by atoms with Crippen LogP contribution in [0.1, 0.15) is 16.3 Å². The highest BCUT2D eigenvalue weighted by Crippen LogP contribution is 2.29. The maximum atomic E-state index is 5.03. The van der Waals surface area contributed by atoms with Gasteiger partial charge in [-0.05, 0) is 31.9 Å². The van der Waals surface area contributed by atoms with Crippen LogP contribution in [0.2, 0.25) is 0 Å². The van der Waals surface area contributed by atoms with Crippen molar-refractivity contribution in [2.45, 2.75) is 19.8 Å². The van der Waals surface area contributed by atoms with Crippen molar-refractivity contribution in [3.05, 3.63) is 27.4 Å². The van der Waals surface area contributed by atoms with Crippen LogP contribution in [0.5, 0.6) is 0 Å². The summed E-state index contributed by atoms with van der Waals surface area (Å²) in [6.45, 7) is 4.52. The second-order valence-electron chi connectivity index (χ2n) is 5.04. The molecule has 0 radical (unpaired) electrons. The normalized spacial score (nSPS) is 11.2. The predicted octanol–water partition coefficient (Wildman–Crippen LogP) is 3.54. The molecular weight excluding hydrogens is 455 g/mol. The fraction of sp³-hybridized carbons (Fsp3) is 0.500. The Morgan fingerprint density at radius 3 is 2.75 bits per heavy atom. The summed E-state index contributed by atoms with van der Waals surface area (Å²) in [6.07, 6.45) is 1.95. The van der Waals surface area contributed by atoms with Crippen LogP contribution in [0.4, 0.5) is 0 Å². The molecule has 0 bridgehead atoms. The average Bonchev–Trinajstić information content (AvgIpc) is 3.18. The van der Waals surface area contributed by atoms with Crippen molar-refractivity contribution < 1.29 is 4.74 Å². The van der Waals surface area contributed by atoms with Gasteiger partial charge >= 0.3 is 0 Å². The van der Waals surface area contributed by atoms with E-state index in [1.807, 2.05) is 18.3 Å². The summed E-state index contributed by atoms with van der Waals surface area (Å²) in [6, 6.07) is 4.34. The fourth-order valence-electron chi connectivity index (χ4n) is 2.07. The SMILES string of the molecule is CN=C(NCCCOC)NCCc1ccc(-c2csc(C)n2)s1.I. The van der Waals surface area contributed by atoms with Crippen molar-refractivity contribution in [2.24, 2.45) is 4.99 Å². The first-order chi connectivity index (χ1) is 11.2. The van der Waals surface area contributed by atoms with Gasteiger partial charge in [0.25, 0.3) is 0 Å². The molecule has 24 heavy (non-hydrogen) atoms. The summed E-state index contributed by atoms with van der Waals surface area (Å²) in [4.78, 5) is 11.4. The molecule has 5 nitrogen and oxygen atoms in total. The highest BCUT2D eigenvalue weighted by molar-refractivity contribution is 14.0. The van der Waals surface area contributed by atoms with E-state index >= 15 is 0 Å². The summed E-state index contributed by atoms with van der Waals surface area (Å²) in [5.74, 6) is 0.841. The van der Waals surface area contributed by atoms with Gasteiger partial charge in [0.15, 0.2) is 5.96 Å². The Morgan fingerprint density at radius 2 is 2.08 bits per heavy atom. The van der Waals surface area contributed by atoms with E-state index in [0.717, 1.165) is 49.2 Å². The number of thiophene rings is 1. The van der Waals surface area contributed by atoms with Gasteiger partial charge < -0.3 is 15.4 Å². The molecule has 134 valence electrons. The van der Waals surface area contributed by atoms with Gasteiger partial charge in [0.05, 0.1) is 15.6 Å². The summed E-state index contributed by atoms with van der Waals surface area (Å²) in [7, 11) is 3.51. The zero-order valence-electron chi connectivity index (χ0n) is 14.3. The lowest BCUT2D eigenvalue weighted by molar-refractivity contribution is 0.195. The molecular formula is C16H25IN4OS2. The first-order valence-corrected chi connectivity index (χ1v) is 9.37. The molecule has 0 amide bonds. The number of aromatic nitrogens is 1. The molecule has 0 aliphatic rings. The molecule has 0 spiro atoms. The van der Waals surface area contributed by atoms with E-state index in [4.69, 9.17) is 4.74 Å². The molecule has 0 unspecified atom stereocenters. The molecule has 0 saturated heterocycles. The van der Waals surface area contributed by atoms with E-state index in [-0.39, 0.29) is 24.0 Å². The minimum Gasteiger partial charge on any atom is -0.385 e. The number of nitrogens with zero attached hydrogens (tertiary/aromatic N) is 2. The maximum absolute atomic E-state index is 5.03. The second-order valence-corrected chi connectivity index (χ2v) is 7.27. The first kappa shape index (κ1) is 21.3. The average molecular weight is 480 g/mol. The van der Waals surface area contributed by atoms with Crippen molar-refractivity contribution >= 4 is 52.6 Å². The van der Waals surface area contributed by atoms with E-state index in [1.54, 1.807) is 25.5 Å². The van der Waals surface area contributed by atoms with Crippen LogP contribution >= 0.6 is 46.7 Å². The van der Waals surface area contributed by atoms with Crippen LogP contribution < -0.4 is 10.6 Å². The quantitative estimate of drug-likeness (QED) is 0.263. The van der Waals surface area contributed by atoms with E-state index in [9.17, 15) is 0 Å². The Labute approximate surface area is 169 Å². The van der Waals surface area contributed by atoms with Gasteiger partial charge in [0.2, 0.25) is 0 Å². The van der Waals surface area contributed by atoms with Crippen molar-refractivity contribution in [2.75, 3.05) is 33.9 Å². The molecule has 0 aromatic carbocycles. The molecule has 2 heterocycles. The molecule has 2 rings (SSSR count). The van der Waals surface area contributed by atoms with Crippen molar-refractivity contribution in [3.8, 4) is 10.6 Å². The molecule has 0 atom stereocenters. The van der Waals surface area contributed by atoms with Gasteiger partial charge in [-0.25, -0.2) is 4.98 Å². The van der Waals surface area contributed by atoms with E-state index in [2.05, 4.69) is 38.1 Å². The molecule has 0 aliphatic carbocycles. The zero-order chi connectivity index (χ0) is 16.5. The van der Waals surface area contributed by atoms with Crippen LogP contribution in [-0.4, -0.2) is 44.8 Å². The van der Waals surface area contributed by atoms with Crippen LogP contribution in [0, 0.1) is 6.92 Å². The summed E-state index contributed by atoms with van der Waals surface area (Å²) < 4.78 is 5.03. The number of aliphatic imine (C=N–C) groups is 1. The van der Waals surface area contributed by atoms with Crippen molar-refractivity contribution in [3.63, 3.8) is 0 Å². The number of hydrogen-bond acceptors (Lipinski definition) is 5. The number of rotatable bonds is 8. The lowest BCUT2D eigenvalue weighted by Crippen LogP contribution is -2.38. The fourth-order valence-corrected chi connectivity index (χ4v) is 3.73. The molecule has 2 aromatic heterocycles. The molecule has 0 aliphatic heterocycles. The minimum absolute atomic E-state index is 0. The molecule has 8 heteroatoms. The third-order valence-electron chi connectivity index (χ3n) is 3.24. The van der Waals surface area contributed by atoms with Crippen molar-refractivity contribution in [1.29, 1.82) is 0 Å². The van der Waals surface area contributed by atoms with E-state index < -0.39 is 0 Å². The van der Waals surface area contributed by atoms with Gasteiger partial charge in [0, 0.05) is 44.1 Å². The minimum atomic E-state index is 0. The monoisotopic (exact) mass is 480 g/mol. The predicted molar refractivity (Wildman–Crippen MR) is 115 cm³/mol. The maximum Gasteiger partial charge on any atom is 0.190 e. The Hall–Kier alpha value is -0.710.